The summed E-state index contributed by atoms with van der Waals surface area (Å²) >= 11 is 0. The van der Waals surface area contributed by atoms with Crippen LogP contribution in [0.5, 0.6) is 0 Å². The zero-order chi connectivity index (χ0) is 21.4. The summed E-state index contributed by atoms with van der Waals surface area (Å²) in [6.07, 6.45) is 4.35. The Kier molecular flexibility index (Phi) is 8.56. The summed E-state index contributed by atoms with van der Waals surface area (Å²) in [5, 5.41) is 13.8. The van der Waals surface area contributed by atoms with Crippen molar-refractivity contribution in [1.82, 2.24) is 25.3 Å². The summed E-state index contributed by atoms with van der Waals surface area (Å²) in [6.45, 7) is 5.25. The second-order valence-electron chi connectivity index (χ2n) is 7.62. The highest BCUT2D eigenvalue weighted by Gasteiger charge is 2.34. The van der Waals surface area contributed by atoms with Crippen LogP contribution < -0.4 is 5.32 Å². The second-order valence-corrected chi connectivity index (χ2v) is 7.62. The molecule has 0 radical (unpaired) electrons. The predicted octanol–water partition coefficient (Wildman–Crippen LogP) is 0.774. The standard InChI is InChI=1S/C18H29N5O3.CH2O2/c1-12(24)19-11-16-5-4-15(22(16)3)10-17(25)23-8-6-14(7-9-23)18-20-13(2)26-21-18;2-1-3/h14-16H,4-11H2,1-3H3,(H,19,24);1H,(H,2,3)/t15-,16+;/m0./s1. The molecule has 1 aromatic heterocycles. The summed E-state index contributed by atoms with van der Waals surface area (Å²) < 4.78 is 5.06. The summed E-state index contributed by atoms with van der Waals surface area (Å²) in [7, 11) is 2.06. The van der Waals surface area contributed by atoms with E-state index >= 15 is 0 Å². The Labute approximate surface area is 170 Å². The number of piperidine rings is 1. The first kappa shape index (κ1) is 22.8. The average Bonchev–Trinajstić information content (AvgIpc) is 3.27. The largest absolute Gasteiger partial charge is 0.483 e. The van der Waals surface area contributed by atoms with Crippen LogP contribution in [-0.4, -0.2) is 82.1 Å². The Morgan fingerprint density at radius 1 is 1.24 bits per heavy atom. The van der Waals surface area contributed by atoms with Crippen LogP contribution in [0.3, 0.4) is 0 Å². The number of carbonyl (C=O) groups is 3. The predicted molar refractivity (Wildman–Crippen MR) is 104 cm³/mol. The van der Waals surface area contributed by atoms with Gasteiger partial charge in [0.15, 0.2) is 5.82 Å². The molecule has 0 aromatic carbocycles. The number of hydrogen-bond acceptors (Lipinski definition) is 7. The van der Waals surface area contributed by atoms with E-state index < -0.39 is 0 Å². The lowest BCUT2D eigenvalue weighted by Gasteiger charge is -2.32. The zero-order valence-corrected chi connectivity index (χ0v) is 17.3. The number of nitrogens with one attached hydrogen (secondary N) is 1. The van der Waals surface area contributed by atoms with Gasteiger partial charge in [-0.2, -0.15) is 4.98 Å². The van der Waals surface area contributed by atoms with Gasteiger partial charge in [-0.15, -0.1) is 0 Å². The number of rotatable bonds is 5. The quantitative estimate of drug-likeness (QED) is 0.683. The van der Waals surface area contributed by atoms with Gasteiger partial charge in [-0.3, -0.25) is 19.3 Å². The molecule has 0 unspecified atom stereocenters. The third-order valence-electron chi connectivity index (χ3n) is 5.74. The molecule has 2 fully saturated rings. The van der Waals surface area contributed by atoms with Crippen LogP contribution in [0.25, 0.3) is 0 Å². The van der Waals surface area contributed by atoms with E-state index in [4.69, 9.17) is 14.4 Å². The zero-order valence-electron chi connectivity index (χ0n) is 17.3. The number of likely N-dealkylation sites (N-methyl/N-ethyl adjacent to an activating group) is 1. The van der Waals surface area contributed by atoms with E-state index in [1.165, 1.54) is 6.92 Å². The summed E-state index contributed by atoms with van der Waals surface area (Å²) in [6, 6.07) is 0.586. The molecule has 3 rings (SSSR count). The molecule has 2 aliphatic rings. The van der Waals surface area contributed by atoms with Gasteiger partial charge in [-0.05, 0) is 32.7 Å². The number of nitrogens with zero attached hydrogens (tertiary/aromatic N) is 4. The van der Waals surface area contributed by atoms with E-state index in [-0.39, 0.29) is 30.2 Å². The van der Waals surface area contributed by atoms with E-state index in [1.807, 2.05) is 4.90 Å². The average molecular weight is 409 g/mol. The van der Waals surface area contributed by atoms with Crippen molar-refractivity contribution < 1.29 is 24.0 Å². The molecule has 10 heteroatoms. The summed E-state index contributed by atoms with van der Waals surface area (Å²) in [4.78, 5) is 40.7. The molecule has 2 saturated heterocycles. The van der Waals surface area contributed by atoms with Crippen LogP contribution in [0.4, 0.5) is 0 Å². The molecule has 2 atom stereocenters. The van der Waals surface area contributed by atoms with Crippen molar-refractivity contribution in [3.05, 3.63) is 11.7 Å². The normalized spacial score (nSPS) is 22.7. The van der Waals surface area contributed by atoms with Crippen LogP contribution >= 0.6 is 0 Å². The van der Waals surface area contributed by atoms with Crippen molar-refractivity contribution in [2.75, 3.05) is 26.7 Å². The van der Waals surface area contributed by atoms with Crippen LogP contribution in [0, 0.1) is 6.92 Å². The van der Waals surface area contributed by atoms with Gasteiger partial charge in [0.2, 0.25) is 17.7 Å². The fraction of sp³-hybridized carbons (Fsp3) is 0.737. The summed E-state index contributed by atoms with van der Waals surface area (Å²) in [5.41, 5.74) is 0. The highest BCUT2D eigenvalue weighted by Crippen LogP contribution is 2.28. The van der Waals surface area contributed by atoms with E-state index in [1.54, 1.807) is 6.92 Å². The SMILES string of the molecule is CC(=O)NC[C@H]1CC[C@@H](CC(=O)N2CCC(c3noc(C)n3)CC2)N1C.O=CO. The number of carbonyl (C=O) groups excluding carboxylic acids is 2. The molecular formula is C19H31N5O5. The molecule has 3 heterocycles. The van der Waals surface area contributed by atoms with E-state index in [0.29, 0.717) is 24.9 Å². The molecule has 0 bridgehead atoms. The van der Waals surface area contributed by atoms with Crippen molar-refractivity contribution in [3.63, 3.8) is 0 Å². The fourth-order valence-electron chi connectivity index (χ4n) is 4.04. The first-order valence-electron chi connectivity index (χ1n) is 9.97. The lowest BCUT2D eigenvalue weighted by molar-refractivity contribution is -0.133. The van der Waals surface area contributed by atoms with Gasteiger partial charge in [-0.25, -0.2) is 0 Å². The Morgan fingerprint density at radius 2 is 1.86 bits per heavy atom. The van der Waals surface area contributed by atoms with Gasteiger partial charge in [-0.1, -0.05) is 5.16 Å². The molecule has 0 aliphatic carbocycles. The van der Waals surface area contributed by atoms with Gasteiger partial charge in [0, 0.05) is 57.9 Å². The van der Waals surface area contributed by atoms with Crippen molar-refractivity contribution in [2.24, 2.45) is 0 Å². The highest BCUT2D eigenvalue weighted by atomic mass is 16.5. The number of aryl methyl sites for hydroxylation is 1. The number of hydrogen-bond donors (Lipinski definition) is 2. The molecule has 0 saturated carbocycles. The smallest absolute Gasteiger partial charge is 0.290 e. The maximum absolute atomic E-state index is 12.7. The molecular weight excluding hydrogens is 378 g/mol. The van der Waals surface area contributed by atoms with Gasteiger partial charge in [0.25, 0.3) is 6.47 Å². The third-order valence-corrected chi connectivity index (χ3v) is 5.74. The molecule has 162 valence electrons. The number of likely N-dealkylation sites (tertiary alicyclic amines) is 2. The van der Waals surface area contributed by atoms with Gasteiger partial charge in [0.05, 0.1) is 0 Å². The second kappa shape index (κ2) is 10.9. The Bertz CT molecular complexity index is 686. The van der Waals surface area contributed by atoms with Gasteiger partial charge in [0.1, 0.15) is 0 Å². The van der Waals surface area contributed by atoms with Gasteiger partial charge >= 0.3 is 0 Å². The lowest BCUT2D eigenvalue weighted by atomic mass is 9.95. The first-order chi connectivity index (χ1) is 13.8. The van der Waals surface area contributed by atoms with Gasteiger partial charge < -0.3 is 19.8 Å². The van der Waals surface area contributed by atoms with E-state index in [0.717, 1.165) is 44.6 Å². The fourth-order valence-corrected chi connectivity index (χ4v) is 4.04. The Hall–Kier alpha value is -2.49. The minimum Gasteiger partial charge on any atom is -0.483 e. The summed E-state index contributed by atoms with van der Waals surface area (Å²) in [5.74, 6) is 1.87. The number of carboxylic acid groups (broad SMARTS) is 1. The van der Waals surface area contributed by atoms with Crippen molar-refractivity contribution >= 4 is 18.3 Å². The molecule has 2 amide bonds. The highest BCUT2D eigenvalue weighted by molar-refractivity contribution is 5.77. The molecule has 10 nitrogen and oxygen atoms in total. The molecule has 1 aromatic rings. The topological polar surface area (TPSA) is 129 Å². The van der Waals surface area contributed by atoms with Crippen molar-refractivity contribution in [1.29, 1.82) is 0 Å². The Morgan fingerprint density at radius 3 is 2.41 bits per heavy atom. The minimum absolute atomic E-state index is 0.00223. The van der Waals surface area contributed by atoms with Crippen LogP contribution in [0.1, 0.15) is 56.7 Å². The maximum Gasteiger partial charge on any atom is 0.290 e. The lowest BCUT2D eigenvalue weighted by Crippen LogP contribution is -2.44. The monoisotopic (exact) mass is 409 g/mol. The number of aromatic nitrogens is 2. The molecule has 0 spiro atoms. The van der Waals surface area contributed by atoms with Crippen LogP contribution in [-0.2, 0) is 14.4 Å². The maximum atomic E-state index is 12.7. The van der Waals surface area contributed by atoms with Crippen LogP contribution in [0.15, 0.2) is 4.52 Å². The van der Waals surface area contributed by atoms with Crippen molar-refractivity contribution in [2.45, 2.75) is 64.0 Å². The first-order valence-corrected chi connectivity index (χ1v) is 9.97. The van der Waals surface area contributed by atoms with E-state index in [9.17, 15) is 9.59 Å². The third kappa shape index (κ3) is 6.52. The van der Waals surface area contributed by atoms with Crippen molar-refractivity contribution in [3.8, 4) is 0 Å². The van der Waals surface area contributed by atoms with E-state index in [2.05, 4.69) is 27.4 Å². The molecule has 2 aliphatic heterocycles. The molecule has 29 heavy (non-hydrogen) atoms. The van der Waals surface area contributed by atoms with Crippen LogP contribution in [0.2, 0.25) is 0 Å². The number of amides is 2. The molecule has 2 N–H and O–H groups in total. The minimum atomic E-state index is -0.250. The Balaban J connectivity index is 0.000000941.